The Kier molecular flexibility index (Phi) is 69.1. The summed E-state index contributed by atoms with van der Waals surface area (Å²) in [5.41, 5.74) is 0. The number of aliphatic hydroxyl groups excluding tert-OH is 1. The maximum atomic E-state index is 13.1. The summed E-state index contributed by atoms with van der Waals surface area (Å²) in [5, 5.41) is 10.6. The van der Waals surface area contributed by atoms with E-state index >= 15 is 0 Å². The summed E-state index contributed by atoms with van der Waals surface area (Å²) < 4.78 is 68.3. The van der Waals surface area contributed by atoms with Crippen molar-refractivity contribution in [3.8, 4) is 0 Å². The molecule has 3 N–H and O–H groups in total. The Morgan fingerprint density at radius 2 is 0.421 bits per heavy atom. The van der Waals surface area contributed by atoms with E-state index in [-0.39, 0.29) is 25.7 Å². The van der Waals surface area contributed by atoms with Crippen LogP contribution in [0, 0.1) is 0 Å². The van der Waals surface area contributed by atoms with Crippen molar-refractivity contribution in [2.24, 2.45) is 0 Å². The topological polar surface area (TPSA) is 237 Å². The second-order valence-electron chi connectivity index (χ2n) is 27.4. The number of ether oxygens (including phenoxy) is 4. The van der Waals surface area contributed by atoms with Gasteiger partial charge in [0.2, 0.25) is 0 Å². The molecule has 0 radical (unpaired) electrons. The van der Waals surface area contributed by atoms with Gasteiger partial charge in [-0.3, -0.25) is 37.3 Å². The number of esters is 4. The molecule has 0 fully saturated rings. The van der Waals surface area contributed by atoms with E-state index in [2.05, 4.69) is 27.7 Å². The van der Waals surface area contributed by atoms with Gasteiger partial charge in [-0.1, -0.05) is 355 Å². The molecule has 17 nitrogen and oxygen atoms in total. The minimum atomic E-state index is -4.95. The minimum absolute atomic E-state index is 0.107. The van der Waals surface area contributed by atoms with Crippen LogP contribution in [0.4, 0.5) is 0 Å². The Morgan fingerprint density at radius 1 is 0.253 bits per heavy atom. The zero-order chi connectivity index (χ0) is 69.7. The predicted molar refractivity (Wildman–Crippen MR) is 386 cm³/mol. The van der Waals surface area contributed by atoms with Gasteiger partial charge in [-0.05, 0) is 25.7 Å². The van der Waals surface area contributed by atoms with Crippen molar-refractivity contribution in [1.82, 2.24) is 0 Å². The van der Waals surface area contributed by atoms with Crippen LogP contribution in [0.5, 0.6) is 0 Å². The number of rotatable bonds is 77. The van der Waals surface area contributed by atoms with Crippen LogP contribution in [0.15, 0.2) is 0 Å². The molecule has 0 rings (SSSR count). The molecule has 19 heteroatoms. The van der Waals surface area contributed by atoms with Crippen molar-refractivity contribution < 1.29 is 80.2 Å². The van der Waals surface area contributed by atoms with Crippen LogP contribution >= 0.6 is 15.6 Å². The van der Waals surface area contributed by atoms with Gasteiger partial charge >= 0.3 is 39.5 Å². The van der Waals surface area contributed by atoms with Gasteiger partial charge in [0.1, 0.15) is 19.3 Å². The molecule has 5 atom stereocenters. The van der Waals surface area contributed by atoms with E-state index < -0.39 is 97.5 Å². The smallest absolute Gasteiger partial charge is 0.462 e. The molecule has 0 saturated heterocycles. The van der Waals surface area contributed by atoms with E-state index in [1.54, 1.807) is 0 Å². The molecule has 2 unspecified atom stereocenters. The van der Waals surface area contributed by atoms with E-state index in [9.17, 15) is 43.2 Å². The number of unbranched alkanes of at least 4 members (excludes halogenated alkanes) is 51. The largest absolute Gasteiger partial charge is 0.472 e. The van der Waals surface area contributed by atoms with Gasteiger partial charge in [-0.25, -0.2) is 9.13 Å². The van der Waals surface area contributed by atoms with Gasteiger partial charge in [0.05, 0.1) is 26.4 Å². The van der Waals surface area contributed by atoms with Crippen molar-refractivity contribution in [3.05, 3.63) is 0 Å². The molecule has 0 aliphatic carbocycles. The van der Waals surface area contributed by atoms with Crippen molar-refractivity contribution in [1.29, 1.82) is 0 Å². The Labute approximate surface area is 581 Å². The Balaban J connectivity index is 5.10. The summed E-state index contributed by atoms with van der Waals surface area (Å²) in [6.45, 7) is 4.90. The molecule has 0 saturated carbocycles. The lowest BCUT2D eigenvalue weighted by Crippen LogP contribution is -2.30. The van der Waals surface area contributed by atoms with Crippen molar-refractivity contribution in [3.63, 3.8) is 0 Å². The van der Waals surface area contributed by atoms with Crippen molar-refractivity contribution in [2.45, 2.75) is 425 Å². The number of phosphoric acid groups is 2. The highest BCUT2D eigenvalue weighted by molar-refractivity contribution is 7.47. The predicted octanol–water partition coefficient (Wildman–Crippen LogP) is 22.6. The maximum Gasteiger partial charge on any atom is 0.472 e. The molecule has 95 heavy (non-hydrogen) atoms. The van der Waals surface area contributed by atoms with E-state index in [0.717, 1.165) is 96.3 Å². The lowest BCUT2D eigenvalue weighted by atomic mass is 10.0. The summed E-state index contributed by atoms with van der Waals surface area (Å²) in [4.78, 5) is 72.5. The highest BCUT2D eigenvalue weighted by Crippen LogP contribution is 2.45. The van der Waals surface area contributed by atoms with Gasteiger partial charge < -0.3 is 33.8 Å². The standard InChI is InChI=1S/C76H148O17P2/c1-5-9-13-17-20-23-26-29-31-32-33-34-35-36-37-39-42-45-48-51-55-59-63-76(81)93-72(67-87-74(79)61-57-53-49-46-43-41-38-30-27-24-21-18-14-10-6-2)69-91-95(84,85)89-65-70(77)64-88-94(82,83)90-68-71(66-86-73(78)60-56-52-16-12-8-4)92-75(80)62-58-54-50-47-44-40-28-25-22-19-15-11-7-3/h70-72,77H,5-69H2,1-4H3,(H,82,83)(H,84,85)/t70-,71+,72+/m0/s1. The van der Waals surface area contributed by atoms with Gasteiger partial charge in [-0.2, -0.15) is 0 Å². The molecule has 0 bridgehead atoms. The highest BCUT2D eigenvalue weighted by Gasteiger charge is 2.30. The summed E-state index contributed by atoms with van der Waals surface area (Å²) in [6, 6.07) is 0. The average molecular weight is 1400 g/mol. The second-order valence-corrected chi connectivity index (χ2v) is 30.3. The molecule has 0 aromatic carbocycles. The number of hydrogen-bond acceptors (Lipinski definition) is 15. The van der Waals surface area contributed by atoms with Crippen molar-refractivity contribution in [2.75, 3.05) is 39.6 Å². The first-order valence-electron chi connectivity index (χ1n) is 39.8. The summed E-state index contributed by atoms with van der Waals surface area (Å²) >= 11 is 0. The molecule has 0 amide bonds. The van der Waals surface area contributed by atoms with Crippen LogP contribution in [0.2, 0.25) is 0 Å². The normalized spacial score (nSPS) is 13.9. The number of hydrogen-bond donors (Lipinski definition) is 3. The van der Waals surface area contributed by atoms with E-state index in [0.29, 0.717) is 25.7 Å². The minimum Gasteiger partial charge on any atom is -0.462 e. The monoisotopic (exact) mass is 1400 g/mol. The zero-order valence-electron chi connectivity index (χ0n) is 61.6. The van der Waals surface area contributed by atoms with Crippen LogP contribution in [0.25, 0.3) is 0 Å². The molecular formula is C76H148O17P2. The summed E-state index contributed by atoms with van der Waals surface area (Å²) in [6.07, 6.45) is 61.5. The first kappa shape index (κ1) is 93.1. The number of aliphatic hydroxyl groups is 1. The van der Waals surface area contributed by atoms with Crippen LogP contribution in [-0.4, -0.2) is 96.7 Å². The molecule has 0 heterocycles. The SMILES string of the molecule is CCCCCCCCCCCCCCCCCCCCCCCCC(=O)O[C@H](COC(=O)CCCCCCCCCCCCCCCCC)COP(=O)(O)OC[C@@H](O)COP(=O)(O)OC[C@@H](COC(=O)CCCCCCC)OC(=O)CCCCCCCCCCCCCCC. The third-order valence-electron chi connectivity index (χ3n) is 17.9. The first-order chi connectivity index (χ1) is 46.2. The fourth-order valence-electron chi connectivity index (χ4n) is 11.8. The molecule has 564 valence electrons. The number of carbonyl (C=O) groups excluding carboxylic acids is 4. The zero-order valence-corrected chi connectivity index (χ0v) is 63.4. The quantitative estimate of drug-likeness (QED) is 0.0222. The summed E-state index contributed by atoms with van der Waals surface area (Å²) in [5.74, 6) is -2.12. The number of carbonyl (C=O) groups is 4. The van der Waals surface area contributed by atoms with E-state index in [4.69, 9.17) is 37.0 Å². The van der Waals surface area contributed by atoms with Gasteiger partial charge in [-0.15, -0.1) is 0 Å². The van der Waals surface area contributed by atoms with Crippen LogP contribution in [0.3, 0.4) is 0 Å². The molecule has 0 spiro atoms. The van der Waals surface area contributed by atoms with Gasteiger partial charge in [0.15, 0.2) is 12.2 Å². The Bertz CT molecular complexity index is 1810. The Hall–Kier alpha value is -1.94. The Morgan fingerprint density at radius 3 is 0.621 bits per heavy atom. The molecule has 0 aromatic heterocycles. The molecule has 0 aromatic rings. The lowest BCUT2D eigenvalue weighted by molar-refractivity contribution is -0.161. The summed E-state index contributed by atoms with van der Waals surface area (Å²) in [7, 11) is -9.90. The lowest BCUT2D eigenvalue weighted by Gasteiger charge is -2.21. The van der Waals surface area contributed by atoms with E-state index in [1.807, 2.05) is 0 Å². The maximum absolute atomic E-state index is 13.1. The molecule has 0 aliphatic rings. The molecule has 0 aliphatic heterocycles. The third kappa shape index (κ3) is 70.3. The van der Waals surface area contributed by atoms with Crippen LogP contribution in [0.1, 0.15) is 407 Å². The fraction of sp³-hybridized carbons (Fsp3) is 0.947. The van der Waals surface area contributed by atoms with Crippen LogP contribution < -0.4 is 0 Å². The number of phosphoric ester groups is 2. The first-order valence-corrected chi connectivity index (χ1v) is 42.8. The van der Waals surface area contributed by atoms with Gasteiger partial charge in [0.25, 0.3) is 0 Å². The fourth-order valence-corrected chi connectivity index (χ4v) is 13.3. The van der Waals surface area contributed by atoms with Gasteiger partial charge in [0, 0.05) is 25.7 Å². The third-order valence-corrected chi connectivity index (χ3v) is 19.8. The highest BCUT2D eigenvalue weighted by atomic mass is 31.2. The van der Waals surface area contributed by atoms with Crippen LogP contribution in [-0.2, 0) is 65.4 Å². The van der Waals surface area contributed by atoms with Crippen molar-refractivity contribution >= 4 is 39.5 Å². The van der Waals surface area contributed by atoms with E-state index in [1.165, 1.54) is 231 Å². The average Bonchev–Trinajstić information content (AvgIpc) is 3.21. The second kappa shape index (κ2) is 70.5. The molecular weight excluding hydrogens is 1250 g/mol.